The molecule has 0 atom stereocenters. The minimum absolute atomic E-state index is 0.0683. The zero-order chi connectivity index (χ0) is 29.0. The van der Waals surface area contributed by atoms with Gasteiger partial charge in [-0.2, -0.15) is 13.2 Å². The molecule has 1 aromatic heterocycles. The van der Waals surface area contributed by atoms with Crippen molar-refractivity contribution in [2.75, 3.05) is 23.5 Å². The average molecular weight is 546 g/mol. The lowest BCUT2D eigenvalue weighted by Gasteiger charge is -2.34. The first kappa shape index (κ1) is 30.1. The molecule has 1 heterocycles. The Morgan fingerprint density at radius 3 is 2.26 bits per heavy atom. The molecule has 0 bridgehead atoms. The van der Waals surface area contributed by atoms with Crippen LogP contribution in [-0.2, 0) is 17.0 Å². The van der Waals surface area contributed by atoms with E-state index in [1.165, 1.54) is 11.0 Å². The maximum atomic E-state index is 13.6. The second-order valence-corrected chi connectivity index (χ2v) is 10.9. The SMILES string of the molecule is CCC(C)(C)c1ccc(N(CCCO)C(=O)NNc2nc(C(F)(F)F)nc3ccccc23)c(C(C)(C)CC)c1. The van der Waals surface area contributed by atoms with Crippen molar-refractivity contribution in [1.82, 2.24) is 15.4 Å². The van der Waals surface area contributed by atoms with Gasteiger partial charge < -0.3 is 5.11 Å². The zero-order valence-electron chi connectivity index (χ0n) is 23.4. The van der Waals surface area contributed by atoms with Crippen LogP contribution in [0.5, 0.6) is 0 Å². The van der Waals surface area contributed by atoms with Crippen LogP contribution in [0.1, 0.15) is 77.8 Å². The first-order valence-electron chi connectivity index (χ1n) is 13.2. The van der Waals surface area contributed by atoms with Crippen molar-refractivity contribution in [3.05, 3.63) is 59.4 Å². The van der Waals surface area contributed by atoms with E-state index in [1.807, 2.05) is 12.1 Å². The van der Waals surface area contributed by atoms with E-state index in [1.54, 1.807) is 18.2 Å². The molecule has 0 radical (unpaired) electrons. The molecule has 0 aliphatic carbocycles. The topological polar surface area (TPSA) is 90.4 Å². The van der Waals surface area contributed by atoms with Crippen LogP contribution in [0.15, 0.2) is 42.5 Å². The minimum Gasteiger partial charge on any atom is -0.396 e. The van der Waals surface area contributed by atoms with Crippen molar-refractivity contribution in [2.45, 2.75) is 77.8 Å². The Kier molecular flexibility index (Phi) is 9.10. The van der Waals surface area contributed by atoms with Crippen molar-refractivity contribution >= 4 is 28.4 Å². The third-order valence-corrected chi connectivity index (χ3v) is 7.50. The molecule has 7 nitrogen and oxygen atoms in total. The van der Waals surface area contributed by atoms with Gasteiger partial charge in [-0.3, -0.25) is 10.3 Å². The summed E-state index contributed by atoms with van der Waals surface area (Å²) in [6.45, 7) is 12.9. The summed E-state index contributed by atoms with van der Waals surface area (Å²) < 4.78 is 40.3. The van der Waals surface area contributed by atoms with Crippen molar-refractivity contribution in [3.63, 3.8) is 0 Å². The number of hydrogen-bond acceptors (Lipinski definition) is 5. The fraction of sp³-hybridized carbons (Fsp3) is 0.483. The molecule has 3 N–H and O–H groups in total. The van der Waals surface area contributed by atoms with E-state index in [2.05, 4.69) is 68.4 Å². The molecule has 0 saturated carbocycles. The third kappa shape index (κ3) is 6.79. The number of rotatable bonds is 10. The molecule has 0 fully saturated rings. The number of fused-ring (bicyclic) bond motifs is 1. The molecule has 0 aliphatic rings. The van der Waals surface area contributed by atoms with Crippen LogP contribution in [0.4, 0.5) is 29.5 Å². The Morgan fingerprint density at radius 2 is 1.64 bits per heavy atom. The first-order chi connectivity index (χ1) is 18.2. The Hall–Kier alpha value is -3.40. The van der Waals surface area contributed by atoms with Crippen LogP contribution >= 0.6 is 0 Å². The number of benzene rings is 2. The number of amides is 2. The normalized spacial score (nSPS) is 12.5. The van der Waals surface area contributed by atoms with E-state index in [0.717, 1.165) is 24.0 Å². The van der Waals surface area contributed by atoms with Crippen LogP contribution in [0.3, 0.4) is 0 Å². The number of hydrazine groups is 1. The average Bonchev–Trinajstić information content (AvgIpc) is 2.91. The van der Waals surface area contributed by atoms with Gasteiger partial charge >= 0.3 is 12.2 Å². The smallest absolute Gasteiger partial charge is 0.396 e. The fourth-order valence-electron chi connectivity index (χ4n) is 4.17. The summed E-state index contributed by atoms with van der Waals surface area (Å²) in [5.41, 5.74) is 7.67. The van der Waals surface area contributed by atoms with Gasteiger partial charge in [0.2, 0.25) is 5.82 Å². The van der Waals surface area contributed by atoms with Crippen molar-refractivity contribution < 1.29 is 23.1 Å². The molecule has 3 aromatic rings. The number of aromatic nitrogens is 2. The van der Waals surface area contributed by atoms with Gasteiger partial charge in [-0.05, 0) is 59.4 Å². The number of nitrogens with zero attached hydrogens (tertiary/aromatic N) is 3. The number of aliphatic hydroxyl groups excluding tert-OH is 1. The number of urea groups is 1. The van der Waals surface area contributed by atoms with E-state index < -0.39 is 18.0 Å². The Balaban J connectivity index is 2.02. The molecule has 0 saturated heterocycles. The monoisotopic (exact) mass is 545 g/mol. The zero-order valence-corrected chi connectivity index (χ0v) is 23.4. The highest BCUT2D eigenvalue weighted by Crippen LogP contribution is 2.39. The summed E-state index contributed by atoms with van der Waals surface area (Å²) in [7, 11) is 0. The van der Waals surface area contributed by atoms with E-state index >= 15 is 0 Å². The predicted molar refractivity (Wildman–Crippen MR) is 149 cm³/mol. The lowest BCUT2D eigenvalue weighted by molar-refractivity contribution is -0.144. The van der Waals surface area contributed by atoms with Gasteiger partial charge in [0, 0.05) is 24.2 Å². The molecule has 10 heteroatoms. The van der Waals surface area contributed by atoms with Crippen molar-refractivity contribution in [1.29, 1.82) is 0 Å². The number of carbonyl (C=O) groups excluding carboxylic acids is 1. The van der Waals surface area contributed by atoms with E-state index in [-0.39, 0.29) is 35.3 Å². The lowest BCUT2D eigenvalue weighted by atomic mass is 9.76. The lowest BCUT2D eigenvalue weighted by Crippen LogP contribution is -2.44. The quantitative estimate of drug-likeness (QED) is 0.240. The minimum atomic E-state index is -4.76. The number of anilines is 2. The van der Waals surface area contributed by atoms with Gasteiger partial charge in [0.15, 0.2) is 5.82 Å². The Bertz CT molecular complexity index is 1310. The third-order valence-electron chi connectivity index (χ3n) is 7.50. The number of hydrogen-bond donors (Lipinski definition) is 3. The second-order valence-electron chi connectivity index (χ2n) is 10.9. The van der Waals surface area contributed by atoms with Gasteiger partial charge in [-0.25, -0.2) is 20.2 Å². The number of para-hydroxylation sites is 1. The van der Waals surface area contributed by atoms with Crippen LogP contribution in [0, 0.1) is 0 Å². The Morgan fingerprint density at radius 1 is 0.974 bits per heavy atom. The van der Waals surface area contributed by atoms with E-state index in [0.29, 0.717) is 17.5 Å². The van der Waals surface area contributed by atoms with E-state index in [4.69, 9.17) is 0 Å². The first-order valence-corrected chi connectivity index (χ1v) is 13.2. The molecule has 212 valence electrons. The standard InChI is InChI=1S/C29H38F3N5O2/c1-7-27(3,4)19-14-15-23(21(18-19)28(5,6)8-2)37(16-11-17-38)26(39)36-35-24-20-12-9-10-13-22(20)33-25(34-24)29(30,31)32/h9-10,12-15,18,38H,7-8,11,16-17H2,1-6H3,(H,36,39)(H,33,34,35). The summed E-state index contributed by atoms with van der Waals surface area (Å²) in [5, 5.41) is 9.86. The number of alkyl halides is 3. The number of halogens is 3. The molecule has 39 heavy (non-hydrogen) atoms. The van der Waals surface area contributed by atoms with Gasteiger partial charge in [0.25, 0.3) is 0 Å². The van der Waals surface area contributed by atoms with Crippen LogP contribution in [-0.4, -0.2) is 34.3 Å². The second kappa shape index (κ2) is 11.8. The highest BCUT2D eigenvalue weighted by Gasteiger charge is 2.36. The molecular weight excluding hydrogens is 507 g/mol. The largest absolute Gasteiger partial charge is 0.451 e. The molecule has 0 unspecified atom stereocenters. The molecule has 2 amide bonds. The highest BCUT2D eigenvalue weighted by molar-refractivity contribution is 5.95. The molecule has 0 aliphatic heterocycles. The van der Waals surface area contributed by atoms with Gasteiger partial charge in [0.1, 0.15) is 0 Å². The summed E-state index contributed by atoms with van der Waals surface area (Å²) >= 11 is 0. The van der Waals surface area contributed by atoms with Gasteiger partial charge in [-0.15, -0.1) is 0 Å². The highest BCUT2D eigenvalue weighted by atomic mass is 19.4. The summed E-state index contributed by atoms with van der Waals surface area (Å²) in [6, 6.07) is 11.7. The summed E-state index contributed by atoms with van der Waals surface area (Å²) in [4.78, 5) is 22.3. The Labute approximate surface area is 227 Å². The number of carbonyl (C=O) groups is 1. The molecule has 0 spiro atoms. The van der Waals surface area contributed by atoms with Crippen LogP contribution < -0.4 is 15.8 Å². The summed E-state index contributed by atoms with van der Waals surface area (Å²) in [5.74, 6) is -1.48. The van der Waals surface area contributed by atoms with Crippen molar-refractivity contribution in [3.8, 4) is 0 Å². The summed E-state index contributed by atoms with van der Waals surface area (Å²) in [6.07, 6.45) is -2.69. The fourth-order valence-corrected chi connectivity index (χ4v) is 4.17. The number of nitrogens with one attached hydrogen (secondary N) is 2. The molecule has 3 rings (SSSR count). The maximum Gasteiger partial charge on any atom is 0.451 e. The van der Waals surface area contributed by atoms with Crippen molar-refractivity contribution in [2.24, 2.45) is 0 Å². The molecule has 2 aromatic carbocycles. The maximum absolute atomic E-state index is 13.6. The van der Waals surface area contributed by atoms with E-state index in [9.17, 15) is 23.1 Å². The number of aliphatic hydroxyl groups is 1. The predicted octanol–water partition coefficient (Wildman–Crippen LogP) is 6.95. The van der Waals surface area contributed by atoms with Crippen LogP contribution in [0.25, 0.3) is 10.9 Å². The van der Waals surface area contributed by atoms with Gasteiger partial charge in [0.05, 0.1) is 5.52 Å². The van der Waals surface area contributed by atoms with Gasteiger partial charge in [-0.1, -0.05) is 65.8 Å². The molecular formula is C29H38F3N5O2. The van der Waals surface area contributed by atoms with Crippen LogP contribution in [0.2, 0.25) is 0 Å².